The van der Waals surface area contributed by atoms with Gasteiger partial charge in [-0.3, -0.25) is 0 Å². The van der Waals surface area contributed by atoms with Gasteiger partial charge >= 0.3 is 0 Å². The lowest BCUT2D eigenvalue weighted by Crippen LogP contribution is -2.11. The van der Waals surface area contributed by atoms with Crippen LogP contribution >= 0.6 is 0 Å². The molecule has 0 aromatic heterocycles. The Morgan fingerprint density at radius 3 is 2.11 bits per heavy atom. The van der Waals surface area contributed by atoms with Gasteiger partial charge in [-0.05, 0) is 28.7 Å². The number of phenolic OH excluding ortho intramolecular Hbond substituents is 1. The summed E-state index contributed by atoms with van der Waals surface area (Å²) >= 11 is 0. The lowest BCUT2D eigenvalue weighted by atomic mass is 9.84. The molecule has 0 aliphatic heterocycles. The van der Waals surface area contributed by atoms with E-state index < -0.39 is 34.7 Å². The minimum atomic E-state index is -1.73. The zero-order chi connectivity index (χ0) is 27.5. The molecule has 0 saturated carbocycles. The van der Waals surface area contributed by atoms with E-state index in [-0.39, 0.29) is 29.3 Å². The van der Waals surface area contributed by atoms with Crippen LogP contribution in [0.2, 0.25) is 0 Å². The molecule has 196 valence electrons. The van der Waals surface area contributed by atoms with Crippen LogP contribution in [0, 0.1) is 23.3 Å². The monoisotopic (exact) mass is 515 g/mol. The molecule has 1 unspecified atom stereocenters. The molecule has 4 nitrogen and oxygen atoms in total. The maximum Gasteiger partial charge on any atom is 0.206 e. The molecule has 3 aromatic carbocycles. The van der Waals surface area contributed by atoms with E-state index in [1.807, 2.05) is 31.2 Å². The van der Waals surface area contributed by atoms with E-state index in [0.717, 1.165) is 17.3 Å². The first-order chi connectivity index (χ1) is 17.4. The number of aliphatic imine (C=N–C) groups is 1. The number of phenols is 1. The maximum absolute atomic E-state index is 14.5. The smallest absolute Gasteiger partial charge is 0.206 e. The predicted molar refractivity (Wildman–Crippen MR) is 137 cm³/mol. The molecule has 0 amide bonds. The van der Waals surface area contributed by atoms with Crippen LogP contribution in [0.5, 0.6) is 17.2 Å². The Kier molecular flexibility index (Phi) is 8.31. The molecule has 37 heavy (non-hydrogen) atoms. The summed E-state index contributed by atoms with van der Waals surface area (Å²) in [6.07, 6.45) is 2.09. The van der Waals surface area contributed by atoms with Crippen molar-refractivity contribution in [2.75, 3.05) is 13.7 Å². The number of hydrogen-bond donors (Lipinski definition) is 1. The van der Waals surface area contributed by atoms with Crippen LogP contribution in [-0.2, 0) is 5.41 Å². The summed E-state index contributed by atoms with van der Waals surface area (Å²) in [5.74, 6) is -8.28. The van der Waals surface area contributed by atoms with E-state index in [4.69, 9.17) is 9.47 Å². The molecular weight excluding hydrogens is 486 g/mol. The molecule has 0 radical (unpaired) electrons. The van der Waals surface area contributed by atoms with Crippen molar-refractivity contribution in [3.05, 3.63) is 94.6 Å². The Bertz CT molecular complexity index is 1300. The number of benzene rings is 3. The van der Waals surface area contributed by atoms with E-state index in [2.05, 4.69) is 32.3 Å². The van der Waals surface area contributed by atoms with Crippen LogP contribution in [0.25, 0.3) is 0 Å². The second-order valence-electron chi connectivity index (χ2n) is 9.54. The minimum Gasteiger partial charge on any atom is -0.507 e. The highest BCUT2D eigenvalue weighted by molar-refractivity contribution is 5.87. The number of methoxy groups -OCH3 is 1. The Morgan fingerprint density at radius 1 is 1.00 bits per heavy atom. The summed E-state index contributed by atoms with van der Waals surface area (Å²) in [7, 11) is 1.42. The van der Waals surface area contributed by atoms with Gasteiger partial charge in [-0.2, -0.15) is 8.78 Å². The van der Waals surface area contributed by atoms with Crippen LogP contribution in [0.15, 0.2) is 54.0 Å². The molecule has 3 rings (SSSR count). The fourth-order valence-electron chi connectivity index (χ4n) is 3.77. The number of ether oxygens (including phenoxy) is 2. The number of hydrogen-bond acceptors (Lipinski definition) is 4. The van der Waals surface area contributed by atoms with Gasteiger partial charge in [0.15, 0.2) is 17.4 Å². The van der Waals surface area contributed by atoms with Crippen molar-refractivity contribution >= 4 is 11.9 Å². The van der Waals surface area contributed by atoms with Crippen molar-refractivity contribution in [3.63, 3.8) is 0 Å². The molecule has 0 aliphatic carbocycles. The van der Waals surface area contributed by atoms with Crippen LogP contribution in [0.4, 0.5) is 23.2 Å². The lowest BCUT2D eigenvalue weighted by molar-refractivity contribution is 0.303. The van der Waals surface area contributed by atoms with Crippen LogP contribution in [0.1, 0.15) is 55.9 Å². The molecule has 0 saturated heterocycles. The van der Waals surface area contributed by atoms with Gasteiger partial charge in [0, 0.05) is 23.3 Å². The first-order valence-electron chi connectivity index (χ1n) is 11.6. The van der Waals surface area contributed by atoms with Crippen LogP contribution < -0.4 is 9.47 Å². The van der Waals surface area contributed by atoms with Gasteiger partial charge in [-0.15, -0.1) is 0 Å². The SMILES string of the molecule is C=CCOc1c(F)c(F)c(N=Cc2cc(OC)cc(C(C)c3ccc(C(C)(C)C)cc3)c2O)c(F)c1F. The van der Waals surface area contributed by atoms with Crippen molar-refractivity contribution < 1.29 is 32.1 Å². The number of halogens is 4. The molecule has 1 atom stereocenters. The summed E-state index contributed by atoms with van der Waals surface area (Å²) in [6, 6.07) is 11.0. The van der Waals surface area contributed by atoms with Gasteiger partial charge in [0.2, 0.25) is 11.6 Å². The zero-order valence-electron chi connectivity index (χ0n) is 21.3. The van der Waals surface area contributed by atoms with Gasteiger partial charge in [0.1, 0.15) is 23.8 Å². The maximum atomic E-state index is 14.5. The van der Waals surface area contributed by atoms with E-state index in [0.29, 0.717) is 11.3 Å². The van der Waals surface area contributed by atoms with Crippen molar-refractivity contribution in [3.8, 4) is 17.2 Å². The van der Waals surface area contributed by atoms with Crippen molar-refractivity contribution in [2.45, 2.75) is 39.0 Å². The first kappa shape index (κ1) is 27.8. The van der Waals surface area contributed by atoms with E-state index in [1.54, 1.807) is 6.07 Å². The average Bonchev–Trinajstić information content (AvgIpc) is 2.87. The first-order valence-corrected chi connectivity index (χ1v) is 11.6. The fraction of sp³-hybridized carbons (Fsp3) is 0.276. The zero-order valence-corrected chi connectivity index (χ0v) is 21.3. The molecule has 0 bridgehead atoms. The average molecular weight is 516 g/mol. The highest BCUT2D eigenvalue weighted by Crippen LogP contribution is 2.38. The fourth-order valence-corrected chi connectivity index (χ4v) is 3.77. The standard InChI is InChI=1S/C29H29F4NO3/c1-7-12-37-28-24(32)22(30)26(23(31)25(28)33)34-15-18-13-20(36-6)14-21(27(18)35)16(2)17-8-10-19(11-9-17)29(3,4)5/h7-11,13-16,35H,1,12H2,2-6H3. The Balaban J connectivity index is 2.04. The largest absolute Gasteiger partial charge is 0.507 e. The third-order valence-electron chi connectivity index (χ3n) is 6.00. The molecule has 1 N–H and O–H groups in total. The van der Waals surface area contributed by atoms with Crippen molar-refractivity contribution in [1.82, 2.24) is 0 Å². The van der Waals surface area contributed by atoms with Crippen molar-refractivity contribution in [1.29, 1.82) is 0 Å². The van der Waals surface area contributed by atoms with Crippen LogP contribution in [0.3, 0.4) is 0 Å². The summed E-state index contributed by atoms with van der Waals surface area (Å²) in [5.41, 5.74) is 1.35. The third kappa shape index (κ3) is 5.79. The molecule has 8 heteroatoms. The third-order valence-corrected chi connectivity index (χ3v) is 6.00. The quantitative estimate of drug-likeness (QED) is 0.145. The predicted octanol–water partition coefficient (Wildman–Crippen LogP) is 7.72. The van der Waals surface area contributed by atoms with Gasteiger partial charge in [-0.1, -0.05) is 64.6 Å². The Labute approximate surface area is 213 Å². The lowest BCUT2D eigenvalue weighted by Gasteiger charge is -2.21. The minimum absolute atomic E-state index is 0.0248. The van der Waals surface area contributed by atoms with Gasteiger partial charge in [0.05, 0.1) is 7.11 Å². The highest BCUT2D eigenvalue weighted by Gasteiger charge is 2.27. The molecule has 3 aromatic rings. The second kappa shape index (κ2) is 11.1. The number of aromatic hydroxyl groups is 1. The Hall–Kier alpha value is -3.81. The molecular formula is C29H29F4NO3. The number of nitrogens with zero attached hydrogens (tertiary/aromatic N) is 1. The van der Waals surface area contributed by atoms with Gasteiger partial charge in [0.25, 0.3) is 0 Å². The molecule has 0 heterocycles. The van der Waals surface area contributed by atoms with Gasteiger partial charge in [-0.25, -0.2) is 13.8 Å². The Morgan fingerprint density at radius 2 is 1.59 bits per heavy atom. The van der Waals surface area contributed by atoms with E-state index >= 15 is 0 Å². The van der Waals surface area contributed by atoms with E-state index in [9.17, 15) is 22.7 Å². The van der Waals surface area contributed by atoms with Crippen LogP contribution in [-0.4, -0.2) is 25.0 Å². The molecule has 0 aliphatic rings. The van der Waals surface area contributed by atoms with Gasteiger partial charge < -0.3 is 14.6 Å². The second-order valence-corrected chi connectivity index (χ2v) is 9.54. The summed E-state index contributed by atoms with van der Waals surface area (Å²) in [5, 5.41) is 11.0. The molecule has 0 fully saturated rings. The number of rotatable bonds is 8. The summed E-state index contributed by atoms with van der Waals surface area (Å²) in [4.78, 5) is 3.62. The normalized spacial score (nSPS) is 12.6. The summed E-state index contributed by atoms with van der Waals surface area (Å²) in [6.45, 7) is 11.2. The summed E-state index contributed by atoms with van der Waals surface area (Å²) < 4.78 is 67.7. The van der Waals surface area contributed by atoms with E-state index in [1.165, 1.54) is 19.3 Å². The van der Waals surface area contributed by atoms with Crippen molar-refractivity contribution in [2.24, 2.45) is 4.99 Å². The topological polar surface area (TPSA) is 51.0 Å². The molecule has 0 spiro atoms. The highest BCUT2D eigenvalue weighted by atomic mass is 19.2.